The molecule has 1 aliphatic rings. The Kier molecular flexibility index (Phi) is 11.4. The molecule has 1 aromatic carbocycles. The summed E-state index contributed by atoms with van der Waals surface area (Å²) in [6.45, 7) is 18.0. The van der Waals surface area contributed by atoms with Gasteiger partial charge in [-0.3, -0.25) is 0 Å². The maximum Gasteiger partial charge on any atom is 0.344 e. The van der Waals surface area contributed by atoms with Crippen LogP contribution < -0.4 is 4.74 Å². The lowest BCUT2D eigenvalue weighted by atomic mass is 9.69. The number of carbonyl (C=O) groups is 1. The second kappa shape index (κ2) is 13.0. The van der Waals surface area contributed by atoms with E-state index in [4.69, 9.17) is 9.47 Å². The van der Waals surface area contributed by atoms with Crippen molar-refractivity contribution in [2.24, 2.45) is 16.7 Å². The standard InChI is InChI=1S/C29H46O3.C2H2/c1-9-14-24-22(19-23(28(6,7)8)20-27(3,4)5)15-13-16-25(24)31-21-26(30)32-29(10-2)17-11-12-18-29;1-2/h9,13-16,23H,10-12,17-21H2,1-8H3;1-2H/b14-9-;. The first kappa shape index (κ1) is 29.8. The minimum Gasteiger partial charge on any atom is -0.481 e. The molecule has 1 fully saturated rings. The minimum absolute atomic E-state index is 0.0412. The molecule has 3 heteroatoms. The first-order valence-corrected chi connectivity index (χ1v) is 12.8. The third-order valence-electron chi connectivity index (χ3n) is 6.87. The van der Waals surface area contributed by atoms with Crippen LogP contribution in [-0.4, -0.2) is 18.2 Å². The van der Waals surface area contributed by atoms with Crippen LogP contribution in [0.15, 0.2) is 24.3 Å². The first-order chi connectivity index (χ1) is 15.9. The zero-order valence-corrected chi connectivity index (χ0v) is 23.0. The SMILES string of the molecule is C#C.C/C=C\c1c(CC(CC(C)(C)C)C(C)(C)C)cccc1OCC(=O)OC1(CC)CCCC1. The number of benzene rings is 1. The van der Waals surface area contributed by atoms with E-state index < -0.39 is 0 Å². The topological polar surface area (TPSA) is 35.5 Å². The van der Waals surface area contributed by atoms with Gasteiger partial charge in [0.25, 0.3) is 0 Å². The molecule has 0 amide bonds. The Morgan fingerprint density at radius 3 is 2.24 bits per heavy atom. The fourth-order valence-electron chi connectivity index (χ4n) is 4.89. The number of carbonyl (C=O) groups excluding carboxylic acids is 1. The van der Waals surface area contributed by atoms with Gasteiger partial charge < -0.3 is 9.47 Å². The van der Waals surface area contributed by atoms with Crippen molar-refractivity contribution in [3.63, 3.8) is 0 Å². The van der Waals surface area contributed by atoms with Gasteiger partial charge in [0.1, 0.15) is 11.4 Å². The molecule has 1 aromatic rings. The molecule has 2 rings (SSSR count). The van der Waals surface area contributed by atoms with Gasteiger partial charge in [0.05, 0.1) is 0 Å². The summed E-state index contributed by atoms with van der Waals surface area (Å²) >= 11 is 0. The second-order valence-corrected chi connectivity index (χ2v) is 11.9. The van der Waals surface area contributed by atoms with Gasteiger partial charge in [-0.05, 0) is 80.2 Å². The molecule has 1 saturated carbocycles. The molecule has 0 aliphatic heterocycles. The van der Waals surface area contributed by atoms with Crippen molar-refractivity contribution >= 4 is 12.0 Å². The summed E-state index contributed by atoms with van der Waals surface area (Å²) in [6, 6.07) is 6.21. The van der Waals surface area contributed by atoms with E-state index in [1.165, 1.54) is 5.56 Å². The van der Waals surface area contributed by atoms with Crippen molar-refractivity contribution in [3.8, 4) is 18.6 Å². The highest BCUT2D eigenvalue weighted by molar-refractivity contribution is 5.72. The molecule has 1 aliphatic carbocycles. The molecule has 0 aromatic heterocycles. The zero-order valence-electron chi connectivity index (χ0n) is 23.0. The summed E-state index contributed by atoms with van der Waals surface area (Å²) in [5, 5.41) is 0. The Bertz CT molecular complexity index is 811. The summed E-state index contributed by atoms with van der Waals surface area (Å²) in [4.78, 5) is 12.6. The summed E-state index contributed by atoms with van der Waals surface area (Å²) in [7, 11) is 0. The largest absolute Gasteiger partial charge is 0.481 e. The monoisotopic (exact) mass is 468 g/mol. The van der Waals surface area contributed by atoms with E-state index in [0.717, 1.165) is 56.3 Å². The molecule has 0 radical (unpaired) electrons. The van der Waals surface area contributed by atoms with Crippen molar-refractivity contribution in [2.75, 3.05) is 6.61 Å². The van der Waals surface area contributed by atoms with Crippen LogP contribution in [0.2, 0.25) is 0 Å². The van der Waals surface area contributed by atoms with Crippen LogP contribution in [0.25, 0.3) is 6.08 Å². The van der Waals surface area contributed by atoms with Crippen LogP contribution in [0, 0.1) is 29.6 Å². The highest BCUT2D eigenvalue weighted by Gasteiger charge is 2.36. The van der Waals surface area contributed by atoms with Crippen molar-refractivity contribution < 1.29 is 14.3 Å². The van der Waals surface area contributed by atoms with E-state index >= 15 is 0 Å². The highest BCUT2D eigenvalue weighted by Crippen LogP contribution is 2.40. The number of allylic oxidation sites excluding steroid dienone is 1. The van der Waals surface area contributed by atoms with Gasteiger partial charge >= 0.3 is 5.97 Å². The normalized spacial score (nSPS) is 16.5. The molecule has 0 spiro atoms. The Labute approximate surface area is 209 Å². The Balaban J connectivity index is 0.00000281. The molecule has 0 N–H and O–H groups in total. The van der Waals surface area contributed by atoms with Crippen molar-refractivity contribution in [3.05, 3.63) is 35.4 Å². The second-order valence-electron chi connectivity index (χ2n) is 11.9. The van der Waals surface area contributed by atoms with E-state index in [9.17, 15) is 4.79 Å². The van der Waals surface area contributed by atoms with Crippen LogP contribution in [0.1, 0.15) is 105 Å². The van der Waals surface area contributed by atoms with Crippen LogP contribution in [0.5, 0.6) is 5.75 Å². The molecule has 0 saturated heterocycles. The molecule has 1 unspecified atom stereocenters. The maximum absolute atomic E-state index is 12.6. The van der Waals surface area contributed by atoms with Crippen molar-refractivity contribution in [1.82, 2.24) is 0 Å². The lowest BCUT2D eigenvalue weighted by Gasteiger charge is -2.36. The smallest absolute Gasteiger partial charge is 0.344 e. The molecular formula is C31H48O3. The summed E-state index contributed by atoms with van der Waals surface area (Å²) in [5.41, 5.74) is 2.56. The summed E-state index contributed by atoms with van der Waals surface area (Å²) < 4.78 is 11.9. The van der Waals surface area contributed by atoms with E-state index in [1.807, 2.05) is 25.1 Å². The molecule has 1 atom stereocenters. The molecule has 34 heavy (non-hydrogen) atoms. The van der Waals surface area contributed by atoms with Gasteiger partial charge in [0.2, 0.25) is 0 Å². The predicted octanol–water partition coefficient (Wildman–Crippen LogP) is 8.25. The molecule has 190 valence electrons. The van der Waals surface area contributed by atoms with Crippen LogP contribution in [0.4, 0.5) is 0 Å². The van der Waals surface area contributed by atoms with E-state index in [1.54, 1.807) is 0 Å². The average molecular weight is 469 g/mol. The Morgan fingerprint density at radius 2 is 1.74 bits per heavy atom. The highest BCUT2D eigenvalue weighted by atomic mass is 16.6. The number of terminal acetylenes is 1. The number of hydrogen-bond acceptors (Lipinski definition) is 3. The molecular weight excluding hydrogens is 420 g/mol. The quantitative estimate of drug-likeness (QED) is 0.270. The van der Waals surface area contributed by atoms with Crippen molar-refractivity contribution in [2.45, 2.75) is 106 Å². The third-order valence-corrected chi connectivity index (χ3v) is 6.87. The van der Waals surface area contributed by atoms with Gasteiger partial charge in [-0.15, -0.1) is 12.8 Å². The van der Waals surface area contributed by atoms with E-state index in [0.29, 0.717) is 5.92 Å². The first-order valence-electron chi connectivity index (χ1n) is 12.8. The van der Waals surface area contributed by atoms with Crippen LogP contribution in [0.3, 0.4) is 0 Å². The van der Waals surface area contributed by atoms with Crippen LogP contribution in [-0.2, 0) is 16.0 Å². The average Bonchev–Trinajstić information content (AvgIpc) is 3.22. The third kappa shape index (κ3) is 9.21. The summed E-state index contributed by atoms with van der Waals surface area (Å²) in [5.74, 6) is 1.04. The van der Waals surface area contributed by atoms with E-state index in [-0.39, 0.29) is 29.0 Å². The fraction of sp³-hybridized carbons (Fsp3) is 0.645. The van der Waals surface area contributed by atoms with Gasteiger partial charge in [-0.25, -0.2) is 4.79 Å². The number of hydrogen-bond donors (Lipinski definition) is 0. The molecule has 0 bridgehead atoms. The summed E-state index contributed by atoms with van der Waals surface area (Å²) in [6.07, 6.45) is 19.4. The van der Waals surface area contributed by atoms with Gasteiger partial charge in [-0.1, -0.05) is 72.8 Å². The minimum atomic E-state index is -0.276. The Hall–Kier alpha value is -2.21. The van der Waals surface area contributed by atoms with E-state index in [2.05, 4.69) is 73.5 Å². The maximum atomic E-state index is 12.6. The lowest BCUT2D eigenvalue weighted by Crippen LogP contribution is -2.33. The zero-order chi connectivity index (χ0) is 26.0. The number of esters is 1. The lowest BCUT2D eigenvalue weighted by molar-refractivity contribution is -0.162. The number of ether oxygens (including phenoxy) is 2. The van der Waals surface area contributed by atoms with Crippen LogP contribution >= 0.6 is 0 Å². The number of rotatable bonds is 9. The van der Waals surface area contributed by atoms with Gasteiger partial charge in [0, 0.05) is 5.56 Å². The molecule has 3 nitrogen and oxygen atoms in total. The van der Waals surface area contributed by atoms with Gasteiger partial charge in [-0.2, -0.15) is 0 Å². The fourth-order valence-corrected chi connectivity index (χ4v) is 4.89. The Morgan fingerprint density at radius 1 is 1.12 bits per heavy atom. The predicted molar refractivity (Wildman–Crippen MR) is 145 cm³/mol. The van der Waals surface area contributed by atoms with Crippen molar-refractivity contribution in [1.29, 1.82) is 0 Å². The molecule has 0 heterocycles. The van der Waals surface area contributed by atoms with Gasteiger partial charge in [0.15, 0.2) is 6.61 Å².